The van der Waals surface area contributed by atoms with Crippen molar-refractivity contribution < 1.29 is 14.3 Å². The number of ether oxygens (including phenoxy) is 2. The molecule has 5 nitrogen and oxygen atoms in total. The molecule has 2 aliphatic rings. The maximum Gasteiger partial charge on any atom is 0.272 e. The molecule has 0 saturated heterocycles. The van der Waals surface area contributed by atoms with Gasteiger partial charge in [0.2, 0.25) is 6.79 Å². The molecule has 1 amide bonds. The molecule has 1 aromatic carbocycles. The fraction of sp³-hybridized carbons (Fsp3) is 0.294. The number of rotatable bonds is 3. The highest BCUT2D eigenvalue weighted by Crippen LogP contribution is 2.32. The predicted octanol–water partition coefficient (Wildman–Crippen LogP) is 3.12. The van der Waals surface area contributed by atoms with Crippen LogP contribution in [0.2, 0.25) is 0 Å². The van der Waals surface area contributed by atoms with Crippen molar-refractivity contribution in [2.24, 2.45) is 5.10 Å². The minimum atomic E-state index is -0.138. The van der Waals surface area contributed by atoms with E-state index in [2.05, 4.69) is 10.5 Å². The zero-order valence-electron chi connectivity index (χ0n) is 12.5. The number of hydrogen-bond donors (Lipinski definition) is 1. The molecule has 0 unspecified atom stereocenters. The van der Waals surface area contributed by atoms with Crippen LogP contribution in [0.15, 0.2) is 28.7 Å². The minimum absolute atomic E-state index is 0.138. The van der Waals surface area contributed by atoms with Crippen LogP contribution in [0.5, 0.6) is 11.5 Å². The summed E-state index contributed by atoms with van der Waals surface area (Å²) in [6.07, 6.45) is 6.07. The number of nitrogens with one attached hydrogen (secondary N) is 1. The summed E-state index contributed by atoms with van der Waals surface area (Å²) in [7, 11) is 0. The molecule has 1 N–H and O–H groups in total. The molecule has 0 radical (unpaired) electrons. The third kappa shape index (κ3) is 2.82. The van der Waals surface area contributed by atoms with Gasteiger partial charge >= 0.3 is 0 Å². The quantitative estimate of drug-likeness (QED) is 0.695. The van der Waals surface area contributed by atoms with Crippen molar-refractivity contribution in [1.29, 1.82) is 0 Å². The Morgan fingerprint density at radius 3 is 3.04 bits per heavy atom. The molecule has 4 rings (SSSR count). The van der Waals surface area contributed by atoms with Gasteiger partial charge < -0.3 is 9.47 Å². The van der Waals surface area contributed by atoms with E-state index in [1.165, 1.54) is 16.9 Å². The Hall–Kier alpha value is -2.34. The molecule has 0 saturated carbocycles. The summed E-state index contributed by atoms with van der Waals surface area (Å²) in [6, 6.07) is 5.54. The number of aryl methyl sites for hydroxylation is 1. The molecule has 1 aliphatic heterocycles. The number of thiophene rings is 1. The molecule has 1 aliphatic carbocycles. The highest BCUT2D eigenvalue weighted by Gasteiger charge is 2.19. The van der Waals surface area contributed by atoms with Crippen molar-refractivity contribution in [3.05, 3.63) is 45.1 Å². The third-order valence-corrected chi connectivity index (χ3v) is 5.17. The lowest BCUT2D eigenvalue weighted by Gasteiger charge is -2.11. The van der Waals surface area contributed by atoms with Crippen LogP contribution >= 0.6 is 11.3 Å². The minimum Gasteiger partial charge on any atom is -0.454 e. The Morgan fingerprint density at radius 1 is 1.22 bits per heavy atom. The number of nitrogens with zero attached hydrogens (tertiary/aromatic N) is 1. The smallest absolute Gasteiger partial charge is 0.272 e. The van der Waals surface area contributed by atoms with Crippen molar-refractivity contribution in [2.45, 2.75) is 25.7 Å². The fourth-order valence-corrected chi connectivity index (χ4v) is 4.03. The topological polar surface area (TPSA) is 59.9 Å². The number of benzene rings is 1. The van der Waals surface area contributed by atoms with Gasteiger partial charge in [0.15, 0.2) is 11.5 Å². The van der Waals surface area contributed by atoms with Gasteiger partial charge in [0.25, 0.3) is 5.91 Å². The number of carbonyl (C=O) groups is 1. The summed E-state index contributed by atoms with van der Waals surface area (Å²) in [5.41, 5.74) is 5.44. The van der Waals surface area contributed by atoms with Gasteiger partial charge in [-0.2, -0.15) is 5.10 Å². The zero-order chi connectivity index (χ0) is 15.6. The lowest BCUT2D eigenvalue weighted by atomic mass is 9.96. The van der Waals surface area contributed by atoms with E-state index in [1.807, 2.05) is 23.6 Å². The van der Waals surface area contributed by atoms with Crippen LogP contribution in [0.3, 0.4) is 0 Å². The van der Waals surface area contributed by atoms with E-state index in [0.29, 0.717) is 5.75 Å². The second-order valence-electron chi connectivity index (χ2n) is 5.57. The van der Waals surface area contributed by atoms with Crippen molar-refractivity contribution in [3.8, 4) is 11.5 Å². The molecular weight excluding hydrogens is 312 g/mol. The summed E-state index contributed by atoms with van der Waals surface area (Å²) in [5, 5.41) is 6.00. The van der Waals surface area contributed by atoms with Crippen LogP contribution in [-0.2, 0) is 12.8 Å². The lowest BCUT2D eigenvalue weighted by Crippen LogP contribution is -2.19. The summed E-state index contributed by atoms with van der Waals surface area (Å²) in [6.45, 7) is 0.246. The third-order valence-electron chi connectivity index (χ3n) is 4.08. The summed E-state index contributed by atoms with van der Waals surface area (Å²) in [5.74, 6) is 1.30. The molecule has 23 heavy (non-hydrogen) atoms. The Balaban J connectivity index is 1.44. The van der Waals surface area contributed by atoms with E-state index >= 15 is 0 Å². The number of carbonyl (C=O) groups excluding carboxylic acids is 1. The second kappa shape index (κ2) is 6.04. The Kier molecular flexibility index (Phi) is 3.75. The summed E-state index contributed by atoms with van der Waals surface area (Å²) >= 11 is 1.68. The summed E-state index contributed by atoms with van der Waals surface area (Å²) < 4.78 is 10.6. The average molecular weight is 328 g/mol. The van der Waals surface area contributed by atoms with Crippen molar-refractivity contribution >= 4 is 23.5 Å². The van der Waals surface area contributed by atoms with E-state index in [9.17, 15) is 4.79 Å². The van der Waals surface area contributed by atoms with Gasteiger partial charge in [-0.25, -0.2) is 5.43 Å². The number of amides is 1. The fourth-order valence-electron chi connectivity index (χ4n) is 2.90. The largest absolute Gasteiger partial charge is 0.454 e. The summed E-state index contributed by atoms with van der Waals surface area (Å²) in [4.78, 5) is 13.6. The van der Waals surface area contributed by atoms with Crippen LogP contribution in [0.25, 0.3) is 0 Å². The molecule has 1 aromatic heterocycles. The first kappa shape index (κ1) is 14.3. The number of fused-ring (bicyclic) bond motifs is 2. The van der Waals surface area contributed by atoms with Gasteiger partial charge in [0.1, 0.15) is 0 Å². The predicted molar refractivity (Wildman–Crippen MR) is 88.6 cm³/mol. The molecule has 118 valence electrons. The Labute approximate surface area is 137 Å². The molecule has 2 aromatic rings. The maximum atomic E-state index is 12.3. The van der Waals surface area contributed by atoms with Crippen molar-refractivity contribution in [1.82, 2.24) is 5.43 Å². The van der Waals surface area contributed by atoms with Gasteiger partial charge in [-0.15, -0.1) is 11.3 Å². The molecule has 6 heteroatoms. The van der Waals surface area contributed by atoms with Crippen molar-refractivity contribution in [2.75, 3.05) is 6.79 Å². The van der Waals surface area contributed by atoms with Crippen LogP contribution < -0.4 is 14.9 Å². The molecule has 0 bridgehead atoms. The number of hydrogen-bond acceptors (Lipinski definition) is 5. The average Bonchev–Trinajstić information content (AvgIpc) is 3.21. The highest BCUT2D eigenvalue weighted by atomic mass is 32.1. The lowest BCUT2D eigenvalue weighted by molar-refractivity contribution is 0.0954. The first-order chi connectivity index (χ1) is 11.3. The maximum absolute atomic E-state index is 12.3. The van der Waals surface area contributed by atoms with E-state index < -0.39 is 0 Å². The van der Waals surface area contributed by atoms with Gasteiger partial charge in [-0.1, -0.05) is 0 Å². The second-order valence-corrected chi connectivity index (χ2v) is 6.53. The number of hydrazone groups is 1. The van der Waals surface area contributed by atoms with E-state index in [1.54, 1.807) is 17.6 Å². The standard InChI is InChI=1S/C17H16N2O3S/c20-17(13-9-23-16-4-2-1-3-12(13)16)19-18-8-11-5-6-14-15(7-11)22-10-21-14/h5-9H,1-4,10H2,(H,19,20)/b18-8+. The molecule has 0 atom stereocenters. The molecule has 0 fully saturated rings. The van der Waals surface area contributed by atoms with Crippen LogP contribution in [0.4, 0.5) is 0 Å². The van der Waals surface area contributed by atoms with E-state index in [-0.39, 0.29) is 12.7 Å². The van der Waals surface area contributed by atoms with E-state index in [0.717, 1.165) is 36.1 Å². The normalized spacial score (nSPS) is 15.7. The first-order valence-corrected chi connectivity index (χ1v) is 8.51. The van der Waals surface area contributed by atoms with Gasteiger partial charge in [-0.05, 0) is 55.0 Å². The molecular formula is C17H16N2O3S. The van der Waals surface area contributed by atoms with Crippen LogP contribution in [0.1, 0.15) is 39.2 Å². The Bertz CT molecular complexity index is 782. The van der Waals surface area contributed by atoms with Gasteiger partial charge in [0, 0.05) is 10.3 Å². The molecule has 0 spiro atoms. The van der Waals surface area contributed by atoms with Crippen LogP contribution in [-0.4, -0.2) is 18.9 Å². The monoisotopic (exact) mass is 328 g/mol. The van der Waals surface area contributed by atoms with E-state index in [4.69, 9.17) is 9.47 Å². The van der Waals surface area contributed by atoms with Gasteiger partial charge in [-0.3, -0.25) is 4.79 Å². The zero-order valence-corrected chi connectivity index (χ0v) is 13.3. The van der Waals surface area contributed by atoms with Gasteiger partial charge in [0.05, 0.1) is 11.8 Å². The Morgan fingerprint density at radius 2 is 2.09 bits per heavy atom. The molecule has 2 heterocycles. The highest BCUT2D eigenvalue weighted by molar-refractivity contribution is 7.10. The van der Waals surface area contributed by atoms with Crippen molar-refractivity contribution in [3.63, 3.8) is 0 Å². The van der Waals surface area contributed by atoms with Crippen LogP contribution in [0, 0.1) is 0 Å². The SMILES string of the molecule is O=C(N/N=C/c1ccc2c(c1)OCO2)c1csc2c1CCCC2. The first-order valence-electron chi connectivity index (χ1n) is 7.63.